The Hall–Kier alpha value is -3.07. The number of oxazole rings is 1. The van der Waals surface area contributed by atoms with Gasteiger partial charge in [-0.1, -0.05) is 15.9 Å². The summed E-state index contributed by atoms with van der Waals surface area (Å²) in [6.07, 6.45) is 1.33. The van der Waals surface area contributed by atoms with Crippen molar-refractivity contribution in [3.8, 4) is 11.3 Å². The quantitative estimate of drug-likeness (QED) is 0.493. The van der Waals surface area contributed by atoms with Crippen LogP contribution < -0.4 is 5.32 Å². The Morgan fingerprint density at radius 2 is 2.00 bits per heavy atom. The molecule has 1 heterocycles. The Morgan fingerprint density at radius 3 is 2.73 bits per heavy atom. The number of nitrogens with zero attached hydrogens (tertiary/aromatic N) is 1. The Kier molecular flexibility index (Phi) is 6.94. The van der Waals surface area contributed by atoms with Crippen LogP contribution >= 0.6 is 15.9 Å². The van der Waals surface area contributed by atoms with Gasteiger partial charge in [0, 0.05) is 22.6 Å². The minimum absolute atomic E-state index is 0.0673. The first-order valence-electron chi connectivity index (χ1n) is 8.93. The highest BCUT2D eigenvalue weighted by Crippen LogP contribution is 2.24. The lowest BCUT2D eigenvalue weighted by Gasteiger charge is -2.09. The minimum atomic E-state index is -0.774. The van der Waals surface area contributed by atoms with Crippen molar-refractivity contribution in [2.75, 3.05) is 11.9 Å². The van der Waals surface area contributed by atoms with Crippen LogP contribution in [0.3, 0.4) is 0 Å². The number of aryl methyl sites for hydroxylation is 2. The van der Waals surface area contributed by atoms with E-state index in [2.05, 4.69) is 26.2 Å². The summed E-state index contributed by atoms with van der Waals surface area (Å²) in [6.45, 7) is 1.42. The number of rotatable bonds is 7. The van der Waals surface area contributed by atoms with Gasteiger partial charge in [0.1, 0.15) is 11.6 Å². The Balaban J connectivity index is 1.47. The van der Waals surface area contributed by atoms with Crippen LogP contribution in [0.2, 0.25) is 0 Å². The van der Waals surface area contributed by atoms with E-state index < -0.39 is 30.1 Å². The first-order chi connectivity index (χ1) is 14.3. The average molecular weight is 479 g/mol. The Morgan fingerprint density at radius 1 is 1.20 bits per heavy atom. The minimum Gasteiger partial charge on any atom is -0.456 e. The number of aromatic nitrogens is 1. The molecular weight excluding hydrogens is 462 g/mol. The van der Waals surface area contributed by atoms with Crippen molar-refractivity contribution < 1.29 is 27.5 Å². The molecule has 0 radical (unpaired) electrons. The fourth-order valence-corrected chi connectivity index (χ4v) is 3.10. The lowest BCUT2D eigenvalue weighted by atomic mass is 10.2. The summed E-state index contributed by atoms with van der Waals surface area (Å²) in [5.41, 5.74) is 1.55. The maximum Gasteiger partial charge on any atom is 0.306 e. The van der Waals surface area contributed by atoms with E-state index in [-0.39, 0.29) is 30.1 Å². The third kappa shape index (κ3) is 5.73. The molecule has 0 saturated heterocycles. The molecule has 0 fully saturated rings. The molecule has 0 spiro atoms. The largest absolute Gasteiger partial charge is 0.456 e. The van der Waals surface area contributed by atoms with E-state index in [0.29, 0.717) is 5.69 Å². The molecule has 0 aliphatic heterocycles. The number of hydrogen-bond acceptors (Lipinski definition) is 5. The average Bonchev–Trinajstić information content (AvgIpc) is 3.15. The van der Waals surface area contributed by atoms with Crippen molar-refractivity contribution in [2.45, 2.75) is 19.8 Å². The van der Waals surface area contributed by atoms with Crippen LogP contribution in [0.15, 0.2) is 51.5 Å². The lowest BCUT2D eigenvalue weighted by Crippen LogP contribution is -2.21. The van der Waals surface area contributed by atoms with E-state index in [9.17, 15) is 18.4 Å². The summed E-state index contributed by atoms with van der Waals surface area (Å²) in [5.74, 6) is -2.22. The van der Waals surface area contributed by atoms with Crippen LogP contribution in [0.25, 0.3) is 11.3 Å². The first kappa shape index (κ1) is 21.6. The maximum atomic E-state index is 13.8. The second-order valence-electron chi connectivity index (χ2n) is 6.41. The zero-order valence-corrected chi connectivity index (χ0v) is 17.5. The number of carbonyl (C=O) groups excluding carboxylic acids is 2. The number of nitrogens with one attached hydrogen (secondary N) is 1. The van der Waals surface area contributed by atoms with Crippen LogP contribution in [-0.4, -0.2) is 23.5 Å². The zero-order chi connectivity index (χ0) is 21.7. The summed E-state index contributed by atoms with van der Waals surface area (Å²) in [7, 11) is 0. The van der Waals surface area contributed by atoms with Crippen molar-refractivity contribution in [1.82, 2.24) is 4.98 Å². The van der Waals surface area contributed by atoms with E-state index in [1.54, 1.807) is 12.1 Å². The monoisotopic (exact) mass is 478 g/mol. The highest BCUT2D eigenvalue weighted by molar-refractivity contribution is 9.10. The van der Waals surface area contributed by atoms with Gasteiger partial charge in [-0.05, 0) is 42.8 Å². The molecule has 1 aromatic heterocycles. The van der Waals surface area contributed by atoms with Crippen LogP contribution in [0.5, 0.6) is 0 Å². The molecule has 0 aliphatic rings. The molecule has 6 nitrogen and oxygen atoms in total. The third-order valence-corrected chi connectivity index (χ3v) is 4.61. The number of amides is 1. The van der Waals surface area contributed by atoms with Gasteiger partial charge in [-0.25, -0.2) is 13.8 Å². The maximum absolute atomic E-state index is 13.8. The van der Waals surface area contributed by atoms with Crippen molar-refractivity contribution in [1.29, 1.82) is 0 Å². The fraction of sp³-hybridized carbons (Fsp3) is 0.190. The molecule has 3 rings (SSSR count). The van der Waals surface area contributed by atoms with Gasteiger partial charge in [0.25, 0.3) is 5.91 Å². The number of anilines is 1. The molecule has 0 saturated carbocycles. The van der Waals surface area contributed by atoms with Crippen molar-refractivity contribution >= 4 is 33.5 Å². The highest BCUT2D eigenvalue weighted by Gasteiger charge is 2.14. The van der Waals surface area contributed by atoms with Gasteiger partial charge in [-0.3, -0.25) is 9.59 Å². The van der Waals surface area contributed by atoms with Gasteiger partial charge in [0.05, 0.1) is 18.2 Å². The number of esters is 1. The summed E-state index contributed by atoms with van der Waals surface area (Å²) in [5, 5.41) is 2.67. The molecule has 0 bridgehead atoms. The molecule has 1 N–H and O–H groups in total. The standard InChI is InChI=1S/C21H17BrF2N2O4/c1-12-8-13(22)2-5-17(12)26-19(27)11-29-21(28)7-6-20-25-10-18(30-20)15-4-3-14(23)9-16(15)24/h2-5,8-10H,6-7,11H2,1H3,(H,26,27). The second kappa shape index (κ2) is 9.62. The molecular formula is C21H17BrF2N2O4. The number of hydrogen-bond donors (Lipinski definition) is 1. The molecule has 0 aliphatic carbocycles. The summed E-state index contributed by atoms with van der Waals surface area (Å²) in [6, 6.07) is 8.48. The summed E-state index contributed by atoms with van der Waals surface area (Å²) >= 11 is 3.34. The fourth-order valence-electron chi connectivity index (χ4n) is 2.62. The van der Waals surface area contributed by atoms with Gasteiger partial charge in [0.15, 0.2) is 18.3 Å². The van der Waals surface area contributed by atoms with Crippen LogP contribution in [-0.2, 0) is 20.7 Å². The first-order valence-corrected chi connectivity index (χ1v) is 9.73. The van der Waals surface area contributed by atoms with Crippen LogP contribution in [0.1, 0.15) is 17.9 Å². The number of ether oxygens (including phenoxy) is 1. The van der Waals surface area contributed by atoms with Gasteiger partial charge >= 0.3 is 5.97 Å². The molecule has 2 aromatic carbocycles. The van der Waals surface area contributed by atoms with Crippen molar-refractivity contribution in [2.24, 2.45) is 0 Å². The smallest absolute Gasteiger partial charge is 0.306 e. The molecule has 9 heteroatoms. The Labute approximate surface area is 179 Å². The van der Waals surface area contributed by atoms with Gasteiger partial charge in [-0.15, -0.1) is 0 Å². The van der Waals surface area contributed by atoms with Crippen molar-refractivity contribution in [3.05, 3.63) is 70.2 Å². The van der Waals surface area contributed by atoms with Crippen LogP contribution in [0, 0.1) is 18.6 Å². The van der Waals surface area contributed by atoms with Gasteiger partial charge in [-0.2, -0.15) is 0 Å². The molecule has 156 valence electrons. The molecule has 0 unspecified atom stereocenters. The van der Waals surface area contributed by atoms with Crippen LogP contribution in [0.4, 0.5) is 14.5 Å². The van der Waals surface area contributed by atoms with E-state index in [0.717, 1.165) is 22.2 Å². The molecule has 30 heavy (non-hydrogen) atoms. The number of halogens is 3. The van der Waals surface area contributed by atoms with Gasteiger partial charge in [0.2, 0.25) is 0 Å². The number of benzene rings is 2. The zero-order valence-electron chi connectivity index (χ0n) is 15.9. The Bertz CT molecular complexity index is 1080. The summed E-state index contributed by atoms with van der Waals surface area (Å²) in [4.78, 5) is 27.8. The van der Waals surface area contributed by atoms with E-state index >= 15 is 0 Å². The second-order valence-corrected chi connectivity index (χ2v) is 7.33. The number of carbonyl (C=O) groups is 2. The van der Waals surface area contributed by atoms with Gasteiger partial charge < -0.3 is 14.5 Å². The van der Waals surface area contributed by atoms with E-state index in [1.807, 2.05) is 13.0 Å². The van der Waals surface area contributed by atoms with E-state index in [1.165, 1.54) is 12.3 Å². The molecule has 3 aromatic rings. The predicted molar refractivity (Wildman–Crippen MR) is 109 cm³/mol. The third-order valence-electron chi connectivity index (χ3n) is 4.12. The highest BCUT2D eigenvalue weighted by atomic mass is 79.9. The topological polar surface area (TPSA) is 81.4 Å². The SMILES string of the molecule is Cc1cc(Br)ccc1NC(=O)COC(=O)CCc1ncc(-c2ccc(F)cc2F)o1. The predicted octanol–water partition coefficient (Wildman–Crippen LogP) is 4.81. The normalized spacial score (nSPS) is 10.7. The van der Waals surface area contributed by atoms with Crippen molar-refractivity contribution in [3.63, 3.8) is 0 Å². The molecule has 0 atom stereocenters. The summed E-state index contributed by atoms with van der Waals surface area (Å²) < 4.78 is 38.0. The van der Waals surface area contributed by atoms with E-state index in [4.69, 9.17) is 9.15 Å². The lowest BCUT2D eigenvalue weighted by molar-refractivity contribution is -0.147. The molecule has 1 amide bonds.